The topological polar surface area (TPSA) is 269 Å². The zero-order valence-electron chi connectivity index (χ0n) is 17.7. The zero-order chi connectivity index (χ0) is 25.3. The van der Waals surface area contributed by atoms with E-state index in [1.165, 1.54) is 0 Å². The summed E-state index contributed by atoms with van der Waals surface area (Å²) in [4.78, 5) is 0. The molecule has 0 amide bonds. The van der Waals surface area contributed by atoms with E-state index >= 15 is 0 Å². The van der Waals surface area contributed by atoms with Crippen LogP contribution in [0.15, 0.2) is 0 Å². The molecule has 34 heavy (non-hydrogen) atoms. The van der Waals surface area contributed by atoms with Gasteiger partial charge in [-0.1, -0.05) is 0 Å². The quantitative estimate of drug-likeness (QED) is 0.154. The summed E-state index contributed by atoms with van der Waals surface area (Å²) in [7, 11) is 0. The Bertz CT molecular complexity index is 639. The van der Waals surface area contributed by atoms with Crippen molar-refractivity contribution in [3.8, 4) is 0 Å². The third-order valence-electron chi connectivity index (χ3n) is 6.10. The summed E-state index contributed by atoms with van der Waals surface area (Å²) in [5.74, 6) is 0. The van der Waals surface area contributed by atoms with Gasteiger partial charge in [0.15, 0.2) is 18.9 Å². The van der Waals surface area contributed by atoms with Gasteiger partial charge in [-0.15, -0.1) is 0 Å². The van der Waals surface area contributed by atoms with E-state index in [1.54, 1.807) is 0 Å². The van der Waals surface area contributed by atoms with E-state index in [0.717, 1.165) is 0 Å². The maximum absolute atomic E-state index is 10.7. The Kier molecular flexibility index (Phi) is 9.54. The summed E-state index contributed by atoms with van der Waals surface area (Å²) in [5.41, 5.74) is 0. The summed E-state index contributed by atoms with van der Waals surface area (Å²) in [6.45, 7) is -2.30. The van der Waals surface area contributed by atoms with Crippen LogP contribution in [-0.4, -0.2) is 168 Å². The summed E-state index contributed by atoms with van der Waals surface area (Å²) >= 11 is 0. The zero-order valence-corrected chi connectivity index (χ0v) is 17.7. The lowest BCUT2D eigenvalue weighted by Gasteiger charge is -2.47. The van der Waals surface area contributed by atoms with Gasteiger partial charge in [0.2, 0.25) is 0 Å². The minimum Gasteiger partial charge on any atom is -0.394 e. The van der Waals surface area contributed by atoms with E-state index in [0.29, 0.717) is 0 Å². The van der Waals surface area contributed by atoms with Crippen LogP contribution in [0.2, 0.25) is 0 Å². The number of hydrogen-bond donors (Lipinski definition) is 11. The Hall–Kier alpha value is -0.640. The molecule has 0 bridgehead atoms. The SMILES string of the molecule is OC[C@H]1O[C@H](O[C@@H]2[C@H](O)[C@@H](O[C@H]3[C@@H](O)[C@H](O)[C@@H](CO)O[C@@H]3O)O[C@H](CO)[C@H]2O)[C@H](O)[C@@H](O)[C@H]1O. The highest BCUT2D eigenvalue weighted by Crippen LogP contribution is 2.32. The molecule has 3 fully saturated rings. The first-order valence-electron chi connectivity index (χ1n) is 10.6. The Balaban J connectivity index is 1.76. The Morgan fingerprint density at radius 2 is 0.882 bits per heavy atom. The summed E-state index contributed by atoms with van der Waals surface area (Å²) < 4.78 is 26.2. The van der Waals surface area contributed by atoms with Crippen molar-refractivity contribution in [3.63, 3.8) is 0 Å². The largest absolute Gasteiger partial charge is 0.394 e. The van der Waals surface area contributed by atoms with Crippen LogP contribution in [0.5, 0.6) is 0 Å². The Morgan fingerprint density at radius 1 is 0.441 bits per heavy atom. The van der Waals surface area contributed by atoms with Crippen molar-refractivity contribution in [1.82, 2.24) is 0 Å². The minimum absolute atomic E-state index is 0.724. The van der Waals surface area contributed by atoms with E-state index in [2.05, 4.69) is 0 Å². The van der Waals surface area contributed by atoms with Crippen LogP contribution in [0.25, 0.3) is 0 Å². The molecule has 0 saturated carbocycles. The fourth-order valence-corrected chi connectivity index (χ4v) is 4.03. The molecule has 11 N–H and O–H groups in total. The van der Waals surface area contributed by atoms with Crippen LogP contribution < -0.4 is 0 Å². The van der Waals surface area contributed by atoms with Gasteiger partial charge in [-0.25, -0.2) is 0 Å². The van der Waals surface area contributed by atoms with Crippen molar-refractivity contribution in [2.24, 2.45) is 0 Å². The fraction of sp³-hybridized carbons (Fsp3) is 1.00. The van der Waals surface area contributed by atoms with Gasteiger partial charge in [0.25, 0.3) is 0 Å². The van der Waals surface area contributed by atoms with Crippen LogP contribution in [0.3, 0.4) is 0 Å². The molecule has 0 unspecified atom stereocenters. The second kappa shape index (κ2) is 11.6. The molecule has 3 saturated heterocycles. The average molecular weight is 504 g/mol. The van der Waals surface area contributed by atoms with Crippen molar-refractivity contribution in [1.29, 1.82) is 0 Å². The molecule has 0 aromatic heterocycles. The third kappa shape index (κ3) is 5.37. The number of hydrogen-bond acceptors (Lipinski definition) is 16. The summed E-state index contributed by atoms with van der Waals surface area (Å²) in [6, 6.07) is 0. The normalized spacial score (nSPS) is 52.5. The molecule has 3 aliphatic rings. The first kappa shape index (κ1) is 27.9. The maximum atomic E-state index is 10.7. The van der Waals surface area contributed by atoms with E-state index in [1.807, 2.05) is 0 Å². The maximum Gasteiger partial charge on any atom is 0.187 e. The van der Waals surface area contributed by atoms with E-state index < -0.39 is 112 Å². The number of rotatable bonds is 7. The third-order valence-corrected chi connectivity index (χ3v) is 6.10. The monoisotopic (exact) mass is 504 g/mol. The predicted octanol–water partition coefficient (Wildman–Crippen LogP) is -7.57. The number of aliphatic hydroxyl groups is 11. The smallest absolute Gasteiger partial charge is 0.187 e. The first-order valence-corrected chi connectivity index (χ1v) is 10.6. The molecule has 3 heterocycles. The molecule has 0 radical (unpaired) electrons. The molecule has 200 valence electrons. The highest BCUT2D eigenvalue weighted by molar-refractivity contribution is 4.96. The van der Waals surface area contributed by atoms with Crippen LogP contribution in [0.1, 0.15) is 0 Å². The second-order valence-electron chi connectivity index (χ2n) is 8.33. The van der Waals surface area contributed by atoms with Crippen molar-refractivity contribution in [2.45, 2.75) is 92.1 Å². The van der Waals surface area contributed by atoms with Crippen LogP contribution in [0.4, 0.5) is 0 Å². The summed E-state index contributed by atoms with van der Waals surface area (Å²) in [5, 5.41) is 110. The molecule has 0 aromatic rings. The number of ether oxygens (including phenoxy) is 5. The summed E-state index contributed by atoms with van der Waals surface area (Å²) in [6.07, 6.45) is -25.5. The van der Waals surface area contributed by atoms with Crippen molar-refractivity contribution < 1.29 is 79.9 Å². The van der Waals surface area contributed by atoms with Crippen molar-refractivity contribution in [3.05, 3.63) is 0 Å². The lowest BCUT2D eigenvalue weighted by atomic mass is 9.96. The number of aliphatic hydroxyl groups excluding tert-OH is 11. The highest BCUT2D eigenvalue weighted by Gasteiger charge is 2.53. The predicted molar refractivity (Wildman–Crippen MR) is 101 cm³/mol. The van der Waals surface area contributed by atoms with E-state index in [-0.39, 0.29) is 0 Å². The Labute approximate surface area is 192 Å². The molecule has 15 atom stereocenters. The van der Waals surface area contributed by atoms with Gasteiger partial charge in [-0.2, -0.15) is 0 Å². The lowest BCUT2D eigenvalue weighted by molar-refractivity contribution is -0.382. The average Bonchev–Trinajstić information content (AvgIpc) is 2.82. The standard InChI is InChI=1S/C18H32O16/c19-1-4-8(23)11(26)15(16(29)30-4)34-18-13(28)14(9(24)6(3-21)32-18)33-17-12(27)10(25)7(22)5(2-20)31-17/h4-29H,1-3H2/t4-,5-,6-,7+,8-,9-,10+,11+,12-,13+,14+,15+,16+,17-,18-/m1/s1. The lowest BCUT2D eigenvalue weighted by Crippen LogP contribution is -2.66. The first-order chi connectivity index (χ1) is 16.0. The van der Waals surface area contributed by atoms with Gasteiger partial charge < -0.3 is 79.9 Å². The van der Waals surface area contributed by atoms with Crippen molar-refractivity contribution >= 4 is 0 Å². The van der Waals surface area contributed by atoms with Crippen LogP contribution in [0, 0.1) is 0 Å². The van der Waals surface area contributed by atoms with E-state index in [4.69, 9.17) is 28.8 Å². The molecule has 3 aliphatic heterocycles. The Morgan fingerprint density at radius 3 is 1.44 bits per heavy atom. The minimum atomic E-state index is -1.92. The van der Waals surface area contributed by atoms with E-state index in [9.17, 15) is 51.1 Å². The molecular formula is C18H32O16. The van der Waals surface area contributed by atoms with Gasteiger partial charge >= 0.3 is 0 Å². The van der Waals surface area contributed by atoms with Gasteiger partial charge in [0.1, 0.15) is 73.2 Å². The van der Waals surface area contributed by atoms with Crippen LogP contribution in [-0.2, 0) is 23.7 Å². The van der Waals surface area contributed by atoms with Crippen molar-refractivity contribution in [2.75, 3.05) is 19.8 Å². The van der Waals surface area contributed by atoms with Gasteiger partial charge in [-0.05, 0) is 0 Å². The molecular weight excluding hydrogens is 472 g/mol. The van der Waals surface area contributed by atoms with Gasteiger partial charge in [0, 0.05) is 0 Å². The molecule has 3 rings (SSSR count). The fourth-order valence-electron chi connectivity index (χ4n) is 4.03. The highest BCUT2D eigenvalue weighted by atomic mass is 16.8. The van der Waals surface area contributed by atoms with Gasteiger partial charge in [0.05, 0.1) is 19.8 Å². The second-order valence-corrected chi connectivity index (χ2v) is 8.33. The van der Waals surface area contributed by atoms with Gasteiger partial charge in [-0.3, -0.25) is 0 Å². The molecule has 16 heteroatoms. The molecule has 16 nitrogen and oxygen atoms in total. The molecule has 0 spiro atoms. The molecule has 0 aromatic carbocycles. The molecule has 0 aliphatic carbocycles. The van der Waals surface area contributed by atoms with Crippen LogP contribution >= 0.6 is 0 Å².